The van der Waals surface area contributed by atoms with E-state index in [-0.39, 0.29) is 18.2 Å². The first-order valence-corrected chi connectivity index (χ1v) is 13.8. The Morgan fingerprint density at radius 1 is 0.975 bits per heavy atom. The second-order valence-electron chi connectivity index (χ2n) is 9.35. The highest BCUT2D eigenvalue weighted by molar-refractivity contribution is 7.97. The zero-order valence-electron chi connectivity index (χ0n) is 23.5. The fraction of sp³-hybridized carbons (Fsp3) is 0.250. The van der Waals surface area contributed by atoms with Gasteiger partial charge in [-0.2, -0.15) is 0 Å². The molecular formula is C32H35N3O4S. The van der Waals surface area contributed by atoms with Crippen molar-refractivity contribution in [3.63, 3.8) is 0 Å². The number of anilines is 1. The zero-order valence-corrected chi connectivity index (χ0v) is 24.3. The van der Waals surface area contributed by atoms with E-state index in [4.69, 9.17) is 9.52 Å². The number of carboxylic acids is 1. The van der Waals surface area contributed by atoms with Crippen molar-refractivity contribution in [2.75, 3.05) is 32.5 Å². The monoisotopic (exact) mass is 557 g/mol. The Morgan fingerprint density at radius 3 is 2.20 bits per heavy atom. The minimum absolute atomic E-state index is 0.112. The van der Waals surface area contributed by atoms with Crippen LogP contribution in [0.25, 0.3) is 22.1 Å². The van der Waals surface area contributed by atoms with Gasteiger partial charge >= 0.3 is 5.97 Å². The lowest BCUT2D eigenvalue weighted by atomic mass is 10.0. The van der Waals surface area contributed by atoms with E-state index in [2.05, 4.69) is 35.7 Å². The fourth-order valence-electron chi connectivity index (χ4n) is 3.75. The van der Waals surface area contributed by atoms with E-state index in [9.17, 15) is 9.59 Å². The quantitative estimate of drug-likeness (QED) is 0.164. The van der Waals surface area contributed by atoms with Crippen LogP contribution in [0.1, 0.15) is 41.9 Å². The van der Waals surface area contributed by atoms with Crippen LogP contribution in [0.2, 0.25) is 0 Å². The molecule has 0 saturated carbocycles. The number of carboxylic acid groups (broad SMARTS) is 1. The number of nitrogens with zero attached hydrogens (tertiary/aromatic N) is 1. The van der Waals surface area contributed by atoms with E-state index >= 15 is 0 Å². The van der Waals surface area contributed by atoms with Gasteiger partial charge in [-0.15, -0.1) is 0 Å². The predicted molar refractivity (Wildman–Crippen MR) is 164 cm³/mol. The van der Waals surface area contributed by atoms with Gasteiger partial charge in [0.1, 0.15) is 12.1 Å². The van der Waals surface area contributed by atoms with Crippen molar-refractivity contribution in [1.29, 1.82) is 0 Å². The van der Waals surface area contributed by atoms with Crippen molar-refractivity contribution in [3.05, 3.63) is 83.6 Å². The van der Waals surface area contributed by atoms with Gasteiger partial charge in [0.2, 0.25) is 0 Å². The highest BCUT2D eigenvalue weighted by Gasteiger charge is 2.19. The molecule has 1 heterocycles. The number of carbonyl (C=O) groups excluding carboxylic acids is 1. The summed E-state index contributed by atoms with van der Waals surface area (Å²) in [5, 5.41) is 12.5. The van der Waals surface area contributed by atoms with Gasteiger partial charge in [0.05, 0.1) is 6.54 Å². The molecule has 208 valence electrons. The summed E-state index contributed by atoms with van der Waals surface area (Å²) >= 11 is 1.27. The third-order valence-electron chi connectivity index (χ3n) is 5.52. The number of benzene rings is 3. The van der Waals surface area contributed by atoms with Crippen molar-refractivity contribution in [1.82, 2.24) is 9.62 Å². The summed E-state index contributed by atoms with van der Waals surface area (Å²) in [6.45, 7) is 6.66. The molecule has 0 aliphatic heterocycles. The smallest absolute Gasteiger partial charge is 0.318 e. The summed E-state index contributed by atoms with van der Waals surface area (Å²) in [5.41, 5.74) is 4.89. The third kappa shape index (κ3) is 8.48. The van der Waals surface area contributed by atoms with Crippen LogP contribution in [-0.4, -0.2) is 49.1 Å². The summed E-state index contributed by atoms with van der Waals surface area (Å²) in [5.74, 6) is 5.38. The molecule has 7 nitrogen and oxygen atoms in total. The molecule has 0 aliphatic carbocycles. The second-order valence-corrected chi connectivity index (χ2v) is 10.3. The highest BCUT2D eigenvalue weighted by Crippen LogP contribution is 2.29. The molecule has 0 bridgehead atoms. The van der Waals surface area contributed by atoms with Crippen molar-refractivity contribution < 1.29 is 19.1 Å². The SMILES string of the molecule is CCC.Cc1c(C(=O)Nc2ccc(-c3ccc(SNCC(=O)O)cc3)cc2)oc2cccc(C#CCN(C)C)c12. The Morgan fingerprint density at radius 2 is 1.60 bits per heavy atom. The predicted octanol–water partition coefficient (Wildman–Crippen LogP) is 6.67. The van der Waals surface area contributed by atoms with Gasteiger partial charge in [-0.25, -0.2) is 4.72 Å². The van der Waals surface area contributed by atoms with Crippen LogP contribution in [0.4, 0.5) is 5.69 Å². The number of aryl methyl sites for hydroxylation is 1. The molecule has 4 aromatic rings. The first-order valence-electron chi connectivity index (χ1n) is 13.0. The minimum atomic E-state index is -0.901. The molecule has 0 fully saturated rings. The van der Waals surface area contributed by atoms with Crippen LogP contribution in [0.5, 0.6) is 0 Å². The summed E-state index contributed by atoms with van der Waals surface area (Å²) in [4.78, 5) is 26.6. The third-order valence-corrected chi connectivity index (χ3v) is 6.32. The van der Waals surface area contributed by atoms with Crippen molar-refractivity contribution >= 4 is 40.5 Å². The van der Waals surface area contributed by atoms with Crippen LogP contribution in [0, 0.1) is 18.8 Å². The second kappa shape index (κ2) is 14.9. The molecule has 1 amide bonds. The van der Waals surface area contributed by atoms with Gasteiger partial charge in [0.15, 0.2) is 5.76 Å². The van der Waals surface area contributed by atoms with Crippen molar-refractivity contribution in [3.8, 4) is 23.0 Å². The van der Waals surface area contributed by atoms with Gasteiger partial charge < -0.3 is 14.8 Å². The lowest BCUT2D eigenvalue weighted by molar-refractivity contribution is -0.135. The molecule has 0 spiro atoms. The van der Waals surface area contributed by atoms with Gasteiger partial charge in [0, 0.05) is 27.1 Å². The molecule has 0 radical (unpaired) electrons. The maximum Gasteiger partial charge on any atom is 0.318 e. The lowest BCUT2D eigenvalue weighted by Gasteiger charge is -2.07. The Bertz CT molecular complexity index is 1500. The average molecular weight is 558 g/mol. The van der Waals surface area contributed by atoms with E-state index in [0.717, 1.165) is 32.5 Å². The molecule has 8 heteroatoms. The van der Waals surface area contributed by atoms with Crippen molar-refractivity contribution in [2.24, 2.45) is 0 Å². The summed E-state index contributed by atoms with van der Waals surface area (Å²) in [6.07, 6.45) is 1.25. The van der Waals surface area contributed by atoms with E-state index in [1.807, 2.05) is 92.6 Å². The van der Waals surface area contributed by atoms with Gasteiger partial charge in [-0.1, -0.05) is 62.4 Å². The standard InChI is InChI=1S/C29H27N3O4S.C3H8/c1-19-27-22(7-5-17-32(2)3)6-4-8-25(27)36-28(19)29(35)31-23-13-9-20(10-14-23)21-11-15-24(16-12-21)37-30-18-26(33)34;1-3-2/h4,6,8-16,30H,17-18H2,1-3H3,(H,31,35)(H,33,34);3H2,1-2H3. The Hall–Kier alpha value is -4.03. The molecule has 3 N–H and O–H groups in total. The number of nitrogens with one attached hydrogen (secondary N) is 2. The Labute approximate surface area is 240 Å². The number of amides is 1. The van der Waals surface area contributed by atoms with Gasteiger partial charge in [-0.05, 0) is 80.5 Å². The number of furan rings is 1. The molecule has 0 saturated heterocycles. The molecular weight excluding hydrogens is 522 g/mol. The summed E-state index contributed by atoms with van der Waals surface area (Å²) in [6, 6.07) is 21.0. The highest BCUT2D eigenvalue weighted by atomic mass is 32.2. The number of carbonyl (C=O) groups is 2. The summed E-state index contributed by atoms with van der Waals surface area (Å²) in [7, 11) is 3.93. The fourth-order valence-corrected chi connectivity index (χ4v) is 4.38. The number of hydrogen-bond donors (Lipinski definition) is 3. The number of hydrogen-bond acceptors (Lipinski definition) is 6. The van der Waals surface area contributed by atoms with E-state index in [1.54, 1.807) is 0 Å². The molecule has 3 aromatic carbocycles. The molecule has 0 aliphatic rings. The normalized spacial score (nSPS) is 10.4. The topological polar surface area (TPSA) is 94.8 Å². The molecule has 4 rings (SSSR count). The van der Waals surface area contributed by atoms with Crippen molar-refractivity contribution in [2.45, 2.75) is 32.1 Å². The van der Waals surface area contributed by atoms with Crippen LogP contribution >= 0.6 is 11.9 Å². The van der Waals surface area contributed by atoms with E-state index < -0.39 is 5.97 Å². The maximum atomic E-state index is 13.0. The summed E-state index contributed by atoms with van der Waals surface area (Å²) < 4.78 is 8.70. The average Bonchev–Trinajstić information content (AvgIpc) is 3.27. The van der Waals surface area contributed by atoms with Crippen LogP contribution in [0.15, 0.2) is 76.0 Å². The first-order chi connectivity index (χ1) is 19.2. The number of fused-ring (bicyclic) bond motifs is 1. The zero-order chi connectivity index (χ0) is 29.1. The van der Waals surface area contributed by atoms with Gasteiger partial charge in [-0.3, -0.25) is 14.5 Å². The van der Waals surface area contributed by atoms with Crippen LogP contribution in [-0.2, 0) is 4.79 Å². The van der Waals surface area contributed by atoms with E-state index in [1.165, 1.54) is 18.4 Å². The maximum absolute atomic E-state index is 13.0. The van der Waals surface area contributed by atoms with E-state index in [0.29, 0.717) is 17.8 Å². The first kappa shape index (κ1) is 30.5. The van der Waals surface area contributed by atoms with Crippen LogP contribution < -0.4 is 10.0 Å². The number of aliphatic carboxylic acids is 1. The molecule has 0 unspecified atom stereocenters. The Balaban J connectivity index is 0.00000141. The van der Waals surface area contributed by atoms with Gasteiger partial charge in [0.25, 0.3) is 5.91 Å². The largest absolute Gasteiger partial charge is 0.480 e. The molecule has 1 aromatic heterocycles. The molecule has 0 atom stereocenters. The number of rotatable bonds is 8. The lowest BCUT2D eigenvalue weighted by Crippen LogP contribution is -2.15. The Kier molecular flexibility index (Phi) is 11.4. The molecule has 40 heavy (non-hydrogen) atoms. The van der Waals surface area contributed by atoms with Crippen LogP contribution in [0.3, 0.4) is 0 Å². The minimum Gasteiger partial charge on any atom is -0.480 e.